The number of aromatic amines is 2. The molecular formula is C34H35N5. The summed E-state index contributed by atoms with van der Waals surface area (Å²) < 4.78 is 0. The Balaban J connectivity index is 1.60. The van der Waals surface area contributed by atoms with Crippen molar-refractivity contribution in [3.8, 4) is 0 Å². The van der Waals surface area contributed by atoms with Crippen molar-refractivity contribution in [3.05, 3.63) is 118 Å². The minimum atomic E-state index is 0.526. The van der Waals surface area contributed by atoms with E-state index in [4.69, 9.17) is 4.99 Å². The molecule has 3 aromatic rings. The summed E-state index contributed by atoms with van der Waals surface area (Å²) in [6.07, 6.45) is 14.7. The molecule has 3 aliphatic heterocycles. The third kappa shape index (κ3) is 4.92. The SMILES string of the molecule is CCCCC1=C2NC(=C(c3ccccc3)C2=N)C=C2C=CC(=N2)C(CCCC)=c2ccc([nH]2)=Cc2ccc1[nH]2. The third-order valence-electron chi connectivity index (χ3n) is 7.60. The number of H-pyrrole nitrogens is 2. The highest BCUT2D eigenvalue weighted by Gasteiger charge is 2.28. The van der Waals surface area contributed by atoms with Crippen molar-refractivity contribution in [1.82, 2.24) is 15.3 Å². The van der Waals surface area contributed by atoms with E-state index in [9.17, 15) is 5.41 Å². The lowest BCUT2D eigenvalue weighted by Crippen LogP contribution is -2.17. The molecule has 196 valence electrons. The van der Waals surface area contributed by atoms with Crippen LogP contribution in [0.3, 0.4) is 0 Å². The van der Waals surface area contributed by atoms with Gasteiger partial charge in [0.05, 0.1) is 28.5 Å². The van der Waals surface area contributed by atoms with Crippen molar-refractivity contribution in [1.29, 1.82) is 5.41 Å². The number of benzene rings is 1. The van der Waals surface area contributed by atoms with Crippen molar-refractivity contribution >= 4 is 34.2 Å². The largest absolute Gasteiger partial charge is 0.355 e. The monoisotopic (exact) mass is 513 g/mol. The van der Waals surface area contributed by atoms with Crippen molar-refractivity contribution < 1.29 is 0 Å². The van der Waals surface area contributed by atoms with Crippen molar-refractivity contribution in [2.24, 2.45) is 4.99 Å². The van der Waals surface area contributed by atoms with Gasteiger partial charge in [-0.1, -0.05) is 57.0 Å². The van der Waals surface area contributed by atoms with E-state index in [2.05, 4.69) is 89.8 Å². The number of nitrogens with one attached hydrogen (secondary N) is 4. The van der Waals surface area contributed by atoms with Crippen LogP contribution in [0.2, 0.25) is 0 Å². The van der Waals surface area contributed by atoms with Gasteiger partial charge in [0.2, 0.25) is 0 Å². The first-order valence-electron chi connectivity index (χ1n) is 14.1. The smallest absolute Gasteiger partial charge is 0.0877 e. The lowest BCUT2D eigenvalue weighted by atomic mass is 9.96. The number of hydrogen-bond donors (Lipinski definition) is 4. The number of aromatic nitrogens is 2. The Morgan fingerprint density at radius 1 is 0.795 bits per heavy atom. The number of hydrogen-bond acceptors (Lipinski definition) is 3. The molecule has 5 heterocycles. The summed E-state index contributed by atoms with van der Waals surface area (Å²) in [5, 5.41) is 15.2. The first kappa shape index (κ1) is 24.9. The molecule has 4 N–H and O–H groups in total. The molecule has 0 aliphatic carbocycles. The average molecular weight is 514 g/mol. The Bertz CT molecular complexity index is 1700. The van der Waals surface area contributed by atoms with Gasteiger partial charge in [0.15, 0.2) is 0 Å². The fourth-order valence-corrected chi connectivity index (χ4v) is 5.55. The van der Waals surface area contributed by atoms with Crippen LogP contribution >= 0.6 is 0 Å². The van der Waals surface area contributed by atoms with E-state index >= 15 is 0 Å². The first-order valence-corrected chi connectivity index (χ1v) is 14.1. The normalized spacial score (nSPS) is 16.5. The van der Waals surface area contributed by atoms with Gasteiger partial charge in [-0.3, -0.25) is 5.41 Å². The summed E-state index contributed by atoms with van der Waals surface area (Å²) in [5.41, 5.74) is 10.6. The van der Waals surface area contributed by atoms with E-state index < -0.39 is 0 Å². The summed E-state index contributed by atoms with van der Waals surface area (Å²) >= 11 is 0. The van der Waals surface area contributed by atoms with E-state index in [1.54, 1.807) is 0 Å². The van der Waals surface area contributed by atoms with Crippen LogP contribution in [-0.4, -0.2) is 21.4 Å². The Morgan fingerprint density at radius 2 is 1.59 bits per heavy atom. The maximum atomic E-state index is 9.36. The lowest BCUT2D eigenvalue weighted by Gasteiger charge is -2.12. The quantitative estimate of drug-likeness (QED) is 0.292. The molecule has 3 aliphatic rings. The molecule has 1 aromatic carbocycles. The van der Waals surface area contributed by atoms with Gasteiger partial charge in [0, 0.05) is 38.8 Å². The van der Waals surface area contributed by atoms with Gasteiger partial charge < -0.3 is 15.3 Å². The number of rotatable bonds is 7. The van der Waals surface area contributed by atoms with Crippen molar-refractivity contribution in [2.45, 2.75) is 52.4 Å². The lowest BCUT2D eigenvalue weighted by molar-refractivity contribution is 0.818. The molecule has 0 saturated carbocycles. The van der Waals surface area contributed by atoms with E-state index in [-0.39, 0.29) is 0 Å². The summed E-state index contributed by atoms with van der Waals surface area (Å²) in [5.74, 6) is 0. The highest BCUT2D eigenvalue weighted by Crippen LogP contribution is 2.35. The van der Waals surface area contributed by atoms with Crippen LogP contribution in [0.1, 0.15) is 69.3 Å². The fraction of sp³-hybridized carbons (Fsp3) is 0.235. The van der Waals surface area contributed by atoms with Gasteiger partial charge in [-0.25, -0.2) is 4.99 Å². The second-order valence-electron chi connectivity index (χ2n) is 10.4. The van der Waals surface area contributed by atoms with Crippen LogP contribution in [0, 0.1) is 5.41 Å². The molecular weight excluding hydrogens is 478 g/mol. The summed E-state index contributed by atoms with van der Waals surface area (Å²) in [7, 11) is 0. The van der Waals surface area contributed by atoms with Crippen LogP contribution in [0.15, 0.2) is 94.9 Å². The van der Waals surface area contributed by atoms with Crippen LogP contribution in [0.5, 0.6) is 0 Å². The number of aliphatic imine (C=N–C) groups is 1. The standard InChI is InChI=1S/C34H35N5/c1-3-5-12-26-28-17-14-23(36-28)20-24-15-19-30(37-24)27(13-6-4-2)34-33(35)32(22-10-8-7-9-11-22)31(39-34)21-25-16-18-29(26)38-25/h7-11,14-21,35-37,39H,3-6,12-13H2,1-2H3. The zero-order valence-electron chi connectivity index (χ0n) is 22.7. The fourth-order valence-electron chi connectivity index (χ4n) is 5.55. The highest BCUT2D eigenvalue weighted by atomic mass is 15.0. The summed E-state index contributed by atoms with van der Waals surface area (Å²) in [6.45, 7) is 4.44. The number of fused-ring (bicyclic) bond motifs is 7. The molecule has 0 amide bonds. The topological polar surface area (TPSA) is 79.8 Å². The Morgan fingerprint density at radius 3 is 2.38 bits per heavy atom. The van der Waals surface area contributed by atoms with Gasteiger partial charge in [0.25, 0.3) is 0 Å². The predicted octanol–water partition coefficient (Wildman–Crippen LogP) is 6.36. The van der Waals surface area contributed by atoms with Crippen LogP contribution < -0.4 is 16.0 Å². The second-order valence-corrected chi connectivity index (χ2v) is 10.4. The van der Waals surface area contributed by atoms with Gasteiger partial charge in [-0.2, -0.15) is 0 Å². The molecule has 39 heavy (non-hydrogen) atoms. The molecule has 0 atom stereocenters. The summed E-state index contributed by atoms with van der Waals surface area (Å²) in [4.78, 5) is 12.3. The minimum Gasteiger partial charge on any atom is -0.355 e. The molecule has 5 heteroatoms. The predicted molar refractivity (Wildman–Crippen MR) is 163 cm³/mol. The van der Waals surface area contributed by atoms with Gasteiger partial charge >= 0.3 is 0 Å². The van der Waals surface area contributed by atoms with E-state index in [1.165, 1.54) is 5.57 Å². The second kappa shape index (κ2) is 10.8. The zero-order chi connectivity index (χ0) is 26.8. The van der Waals surface area contributed by atoms with Gasteiger partial charge in [-0.05, 0) is 79.8 Å². The third-order valence-corrected chi connectivity index (χ3v) is 7.60. The Labute approximate surface area is 229 Å². The summed E-state index contributed by atoms with van der Waals surface area (Å²) in [6, 6.07) is 18.9. The van der Waals surface area contributed by atoms with Gasteiger partial charge in [0.1, 0.15) is 0 Å². The first-order chi connectivity index (χ1) is 19.1. The molecule has 0 spiro atoms. The minimum absolute atomic E-state index is 0.526. The van der Waals surface area contributed by atoms with E-state index in [1.807, 2.05) is 18.2 Å². The van der Waals surface area contributed by atoms with Crippen LogP contribution in [0.25, 0.3) is 22.8 Å². The van der Waals surface area contributed by atoms with Crippen molar-refractivity contribution in [2.75, 3.05) is 0 Å². The molecule has 0 radical (unpaired) electrons. The molecule has 6 rings (SSSR count). The number of allylic oxidation sites excluding steroid dienone is 5. The van der Waals surface area contributed by atoms with Crippen LogP contribution in [-0.2, 0) is 0 Å². The zero-order valence-corrected chi connectivity index (χ0v) is 22.7. The van der Waals surface area contributed by atoms with Gasteiger partial charge in [-0.15, -0.1) is 0 Å². The average Bonchev–Trinajstić information content (AvgIpc) is 3.75. The molecule has 0 unspecified atom stereocenters. The van der Waals surface area contributed by atoms with Crippen LogP contribution in [0.4, 0.5) is 0 Å². The Hall–Kier alpha value is -4.38. The maximum absolute atomic E-state index is 9.36. The Kier molecular flexibility index (Phi) is 6.89. The molecule has 0 saturated heterocycles. The number of unbranched alkanes of at least 4 members (excludes halogenated alkanes) is 2. The van der Waals surface area contributed by atoms with E-state index in [0.717, 1.165) is 100 Å². The molecule has 0 fully saturated rings. The molecule has 8 bridgehead atoms. The maximum Gasteiger partial charge on any atom is 0.0877 e. The molecule has 5 nitrogen and oxygen atoms in total. The highest BCUT2D eigenvalue weighted by molar-refractivity contribution is 6.35. The van der Waals surface area contributed by atoms with E-state index in [0.29, 0.717) is 5.71 Å². The number of nitrogens with zero attached hydrogens (tertiary/aromatic N) is 1. The molecule has 2 aromatic heterocycles. The van der Waals surface area contributed by atoms with Crippen molar-refractivity contribution in [3.63, 3.8) is 0 Å².